The molecule has 1 N–H and O–H groups in total. The van der Waals surface area contributed by atoms with Crippen LogP contribution in [0.3, 0.4) is 0 Å². The van der Waals surface area contributed by atoms with Crippen LogP contribution in [0, 0.1) is 0 Å². The summed E-state index contributed by atoms with van der Waals surface area (Å²) in [7, 11) is 0. The Morgan fingerprint density at radius 1 is 1.09 bits per heavy atom. The van der Waals surface area contributed by atoms with Crippen molar-refractivity contribution in [1.82, 2.24) is 9.97 Å². The Labute approximate surface area is 133 Å². The Morgan fingerprint density at radius 3 is 2.59 bits per heavy atom. The van der Waals surface area contributed by atoms with Crippen LogP contribution in [0.15, 0.2) is 54.0 Å². The molecule has 3 rings (SSSR count). The molecule has 0 radical (unpaired) electrons. The van der Waals surface area contributed by atoms with Gasteiger partial charge < -0.3 is 10.1 Å². The number of nitrogens with zero attached hydrogens (tertiary/aromatic N) is 2. The first-order valence-electron chi connectivity index (χ1n) is 7.11. The topological polar surface area (TPSA) is 47.0 Å². The number of hydrogen-bond donors (Lipinski definition) is 1. The Balaban J connectivity index is 1.73. The predicted molar refractivity (Wildman–Crippen MR) is 90.8 cm³/mol. The lowest BCUT2D eigenvalue weighted by atomic mass is 10.2. The summed E-state index contributed by atoms with van der Waals surface area (Å²) in [5.41, 5.74) is 2.01. The van der Waals surface area contributed by atoms with Crippen molar-refractivity contribution in [3.8, 4) is 17.0 Å². The predicted octanol–water partition coefficient (Wildman–Crippen LogP) is 4.74. The number of rotatable bonds is 5. The average Bonchev–Trinajstić information content (AvgIpc) is 2.97. The van der Waals surface area contributed by atoms with E-state index in [0.717, 1.165) is 28.0 Å². The second kappa shape index (κ2) is 6.58. The van der Waals surface area contributed by atoms with Gasteiger partial charge in [-0.15, -0.1) is 11.3 Å². The number of nitrogens with one attached hydrogen (secondary N) is 1. The maximum atomic E-state index is 5.65. The molecular formula is C17H17N3OS. The van der Waals surface area contributed by atoms with E-state index < -0.39 is 0 Å². The van der Waals surface area contributed by atoms with Crippen LogP contribution in [-0.2, 0) is 0 Å². The SMILES string of the molecule is CC(C)Oc1ccc(-c2csc(Nc3ccccn3)n2)cc1. The van der Waals surface area contributed by atoms with Crippen molar-refractivity contribution in [3.05, 3.63) is 54.0 Å². The third-order valence-electron chi connectivity index (χ3n) is 2.93. The second-order valence-corrected chi connectivity index (χ2v) is 5.93. The molecule has 0 saturated heterocycles. The van der Waals surface area contributed by atoms with Gasteiger partial charge in [-0.2, -0.15) is 0 Å². The maximum Gasteiger partial charge on any atom is 0.188 e. The van der Waals surface area contributed by atoms with Crippen LogP contribution >= 0.6 is 11.3 Å². The van der Waals surface area contributed by atoms with E-state index in [1.807, 2.05) is 61.7 Å². The van der Waals surface area contributed by atoms with E-state index in [0.29, 0.717) is 0 Å². The van der Waals surface area contributed by atoms with E-state index >= 15 is 0 Å². The molecule has 0 unspecified atom stereocenters. The molecule has 0 saturated carbocycles. The number of benzene rings is 1. The largest absolute Gasteiger partial charge is 0.491 e. The van der Waals surface area contributed by atoms with Gasteiger partial charge in [-0.05, 0) is 50.2 Å². The minimum absolute atomic E-state index is 0.180. The molecule has 1 aromatic carbocycles. The molecule has 0 atom stereocenters. The van der Waals surface area contributed by atoms with Gasteiger partial charge in [0.2, 0.25) is 0 Å². The highest BCUT2D eigenvalue weighted by atomic mass is 32.1. The summed E-state index contributed by atoms with van der Waals surface area (Å²) < 4.78 is 5.65. The molecule has 0 aliphatic rings. The van der Waals surface area contributed by atoms with E-state index in [-0.39, 0.29) is 6.10 Å². The van der Waals surface area contributed by atoms with Crippen LogP contribution in [0.4, 0.5) is 10.9 Å². The fraction of sp³-hybridized carbons (Fsp3) is 0.176. The van der Waals surface area contributed by atoms with Crippen molar-refractivity contribution in [2.45, 2.75) is 20.0 Å². The standard InChI is InChI=1S/C17H17N3OS/c1-12(2)21-14-8-6-13(7-9-14)15-11-22-17(19-15)20-16-5-3-4-10-18-16/h3-12H,1-2H3,(H,18,19,20). The van der Waals surface area contributed by atoms with Crippen molar-refractivity contribution in [3.63, 3.8) is 0 Å². The molecule has 2 heterocycles. The minimum atomic E-state index is 0.180. The van der Waals surface area contributed by atoms with Gasteiger partial charge >= 0.3 is 0 Å². The van der Waals surface area contributed by atoms with Crippen LogP contribution in [-0.4, -0.2) is 16.1 Å². The third kappa shape index (κ3) is 3.62. The number of thiazole rings is 1. The first-order chi connectivity index (χ1) is 10.7. The molecule has 4 nitrogen and oxygen atoms in total. The van der Waals surface area contributed by atoms with E-state index in [2.05, 4.69) is 15.3 Å². The third-order valence-corrected chi connectivity index (χ3v) is 3.68. The average molecular weight is 311 g/mol. The van der Waals surface area contributed by atoms with Gasteiger partial charge in [-0.3, -0.25) is 0 Å². The molecule has 0 fully saturated rings. The molecule has 0 spiro atoms. The second-order valence-electron chi connectivity index (χ2n) is 5.07. The zero-order valence-corrected chi connectivity index (χ0v) is 13.3. The summed E-state index contributed by atoms with van der Waals surface area (Å²) in [5, 5.41) is 6.06. The van der Waals surface area contributed by atoms with Gasteiger partial charge in [0.25, 0.3) is 0 Å². The van der Waals surface area contributed by atoms with Gasteiger partial charge in [0.05, 0.1) is 11.8 Å². The highest BCUT2D eigenvalue weighted by Gasteiger charge is 2.06. The highest BCUT2D eigenvalue weighted by molar-refractivity contribution is 7.14. The fourth-order valence-electron chi connectivity index (χ4n) is 1.99. The van der Waals surface area contributed by atoms with Gasteiger partial charge in [0.1, 0.15) is 11.6 Å². The van der Waals surface area contributed by atoms with Crippen LogP contribution in [0.25, 0.3) is 11.3 Å². The number of aromatic nitrogens is 2. The summed E-state index contributed by atoms with van der Waals surface area (Å²) in [6.07, 6.45) is 1.93. The molecule has 112 valence electrons. The number of anilines is 2. The van der Waals surface area contributed by atoms with E-state index in [4.69, 9.17) is 4.74 Å². The van der Waals surface area contributed by atoms with Crippen LogP contribution in [0.5, 0.6) is 5.75 Å². The molecule has 3 aromatic rings. The Morgan fingerprint density at radius 2 is 1.91 bits per heavy atom. The minimum Gasteiger partial charge on any atom is -0.491 e. The Bertz CT molecular complexity index is 723. The Hall–Kier alpha value is -2.40. The van der Waals surface area contributed by atoms with Crippen LogP contribution in [0.2, 0.25) is 0 Å². The molecule has 0 aliphatic carbocycles. The van der Waals surface area contributed by atoms with Gasteiger partial charge in [-0.1, -0.05) is 6.07 Å². The summed E-state index contributed by atoms with van der Waals surface area (Å²) in [6.45, 7) is 4.04. The lowest BCUT2D eigenvalue weighted by molar-refractivity contribution is 0.242. The quantitative estimate of drug-likeness (QED) is 0.739. The summed E-state index contributed by atoms with van der Waals surface area (Å²) >= 11 is 1.56. The van der Waals surface area contributed by atoms with Gasteiger partial charge in [0, 0.05) is 17.1 Å². The smallest absolute Gasteiger partial charge is 0.188 e. The monoisotopic (exact) mass is 311 g/mol. The molecular weight excluding hydrogens is 294 g/mol. The van der Waals surface area contributed by atoms with E-state index in [1.54, 1.807) is 17.5 Å². The number of ether oxygens (including phenoxy) is 1. The van der Waals surface area contributed by atoms with E-state index in [1.165, 1.54) is 0 Å². The first-order valence-corrected chi connectivity index (χ1v) is 7.99. The van der Waals surface area contributed by atoms with Crippen molar-refractivity contribution >= 4 is 22.3 Å². The zero-order chi connectivity index (χ0) is 15.4. The van der Waals surface area contributed by atoms with E-state index in [9.17, 15) is 0 Å². The fourth-order valence-corrected chi connectivity index (χ4v) is 2.71. The van der Waals surface area contributed by atoms with Crippen LogP contribution < -0.4 is 10.1 Å². The van der Waals surface area contributed by atoms with Crippen molar-refractivity contribution in [2.24, 2.45) is 0 Å². The van der Waals surface area contributed by atoms with Crippen molar-refractivity contribution in [1.29, 1.82) is 0 Å². The van der Waals surface area contributed by atoms with Crippen LogP contribution in [0.1, 0.15) is 13.8 Å². The molecule has 0 amide bonds. The molecule has 0 aliphatic heterocycles. The summed E-state index contributed by atoms with van der Waals surface area (Å²) in [6, 6.07) is 13.7. The normalized spacial score (nSPS) is 10.7. The number of hydrogen-bond acceptors (Lipinski definition) is 5. The highest BCUT2D eigenvalue weighted by Crippen LogP contribution is 2.28. The first kappa shape index (κ1) is 14.5. The lowest BCUT2D eigenvalue weighted by Gasteiger charge is -2.09. The molecule has 2 aromatic heterocycles. The summed E-state index contributed by atoms with van der Waals surface area (Å²) in [4.78, 5) is 8.83. The molecule has 0 bridgehead atoms. The zero-order valence-electron chi connectivity index (χ0n) is 12.5. The molecule has 5 heteroatoms. The van der Waals surface area contributed by atoms with Crippen molar-refractivity contribution < 1.29 is 4.74 Å². The number of pyridine rings is 1. The lowest BCUT2D eigenvalue weighted by Crippen LogP contribution is -2.05. The summed E-state index contributed by atoms with van der Waals surface area (Å²) in [5.74, 6) is 1.67. The molecule has 22 heavy (non-hydrogen) atoms. The van der Waals surface area contributed by atoms with Gasteiger partial charge in [-0.25, -0.2) is 9.97 Å². The van der Waals surface area contributed by atoms with Gasteiger partial charge in [0.15, 0.2) is 5.13 Å². The Kier molecular flexibility index (Phi) is 4.34. The maximum absolute atomic E-state index is 5.65. The van der Waals surface area contributed by atoms with Crippen molar-refractivity contribution in [2.75, 3.05) is 5.32 Å².